The summed E-state index contributed by atoms with van der Waals surface area (Å²) in [4.78, 5) is 0.436. The van der Waals surface area contributed by atoms with Crippen molar-refractivity contribution in [2.75, 3.05) is 6.54 Å². The lowest BCUT2D eigenvalue weighted by molar-refractivity contribution is 0.245. The highest BCUT2D eigenvalue weighted by Gasteiger charge is 2.35. The third-order valence-corrected chi connectivity index (χ3v) is 7.46. The third kappa shape index (κ3) is 4.45. The molecule has 0 aliphatic carbocycles. The number of rotatable bonds is 6. The first-order valence-electron chi connectivity index (χ1n) is 8.17. The second-order valence-corrected chi connectivity index (χ2v) is 9.85. The number of piperidine rings is 1. The third-order valence-electron chi connectivity index (χ3n) is 4.37. The molecule has 1 heterocycles. The van der Waals surface area contributed by atoms with E-state index < -0.39 is 10.0 Å². The van der Waals surface area contributed by atoms with Gasteiger partial charge in [-0.1, -0.05) is 66.5 Å². The van der Waals surface area contributed by atoms with Crippen LogP contribution in [-0.4, -0.2) is 29.2 Å². The van der Waals surface area contributed by atoms with Crippen molar-refractivity contribution in [3.05, 3.63) is 29.8 Å². The lowest BCUT2D eigenvalue weighted by atomic mass is 9.99. The fraction of sp³-hybridized carbons (Fsp3) is 0.647. The van der Waals surface area contributed by atoms with Crippen molar-refractivity contribution < 1.29 is 8.42 Å². The van der Waals surface area contributed by atoms with Crippen molar-refractivity contribution in [3.63, 3.8) is 0 Å². The molecule has 5 heteroatoms. The lowest BCUT2D eigenvalue weighted by Gasteiger charge is -2.37. The van der Waals surface area contributed by atoms with Crippen molar-refractivity contribution in [2.45, 2.75) is 67.2 Å². The minimum Gasteiger partial charge on any atom is -0.207 e. The van der Waals surface area contributed by atoms with Crippen LogP contribution in [0, 0.1) is 6.92 Å². The monoisotopic (exact) mass is 435 g/mol. The molecule has 22 heavy (non-hydrogen) atoms. The van der Waals surface area contributed by atoms with E-state index in [1.165, 1.54) is 12.8 Å². The molecule has 0 N–H and O–H groups in total. The Morgan fingerprint density at radius 1 is 1.23 bits per heavy atom. The molecule has 1 fully saturated rings. The maximum Gasteiger partial charge on any atom is 0.243 e. The molecule has 1 saturated heterocycles. The van der Waals surface area contributed by atoms with E-state index in [0.29, 0.717) is 15.4 Å². The molecule has 3 nitrogen and oxygen atoms in total. The molecule has 2 atom stereocenters. The molecule has 0 radical (unpaired) electrons. The second-order valence-electron chi connectivity index (χ2n) is 6.20. The summed E-state index contributed by atoms with van der Waals surface area (Å²) in [5, 5.41) is 0. The van der Waals surface area contributed by atoms with E-state index in [-0.39, 0.29) is 6.04 Å². The standard InChI is InChI=1S/C17H26INO2S/c1-3-4-5-6-16-13-15(18)11-12-19(16)22(20,21)17-9-7-14(2)8-10-17/h7-10,15-16H,3-6,11-13H2,1-2H3/t15-,16+/m0/s1. The Morgan fingerprint density at radius 3 is 2.55 bits per heavy atom. The van der Waals surface area contributed by atoms with Crippen molar-refractivity contribution in [3.8, 4) is 0 Å². The Balaban J connectivity index is 2.19. The summed E-state index contributed by atoms with van der Waals surface area (Å²) in [5.41, 5.74) is 1.09. The molecule has 1 aliphatic heterocycles. The minimum atomic E-state index is -3.36. The van der Waals surface area contributed by atoms with Gasteiger partial charge in [0.1, 0.15) is 0 Å². The van der Waals surface area contributed by atoms with Crippen LogP contribution in [0.4, 0.5) is 0 Å². The zero-order valence-electron chi connectivity index (χ0n) is 13.5. The summed E-state index contributed by atoms with van der Waals surface area (Å²) >= 11 is 2.47. The molecule has 0 saturated carbocycles. The first-order valence-corrected chi connectivity index (χ1v) is 10.9. The number of alkyl halides is 1. The number of hydrogen-bond acceptors (Lipinski definition) is 2. The van der Waals surface area contributed by atoms with Crippen LogP contribution in [-0.2, 0) is 10.0 Å². The summed E-state index contributed by atoms with van der Waals surface area (Å²) in [5.74, 6) is 0. The van der Waals surface area contributed by atoms with Crippen LogP contribution in [0.2, 0.25) is 0 Å². The van der Waals surface area contributed by atoms with Gasteiger partial charge in [-0.25, -0.2) is 8.42 Å². The van der Waals surface area contributed by atoms with Gasteiger partial charge in [0, 0.05) is 16.5 Å². The zero-order valence-corrected chi connectivity index (χ0v) is 16.4. The summed E-state index contributed by atoms with van der Waals surface area (Å²) in [6, 6.07) is 7.40. The van der Waals surface area contributed by atoms with Gasteiger partial charge in [-0.15, -0.1) is 0 Å². The zero-order chi connectivity index (χ0) is 16.2. The topological polar surface area (TPSA) is 37.4 Å². The van der Waals surface area contributed by atoms with Gasteiger partial charge in [-0.3, -0.25) is 0 Å². The van der Waals surface area contributed by atoms with Gasteiger partial charge in [-0.2, -0.15) is 4.31 Å². The number of hydrogen-bond donors (Lipinski definition) is 0. The Labute approximate surface area is 148 Å². The maximum absolute atomic E-state index is 13.0. The highest BCUT2D eigenvalue weighted by atomic mass is 127. The summed E-state index contributed by atoms with van der Waals surface area (Å²) in [6.07, 6.45) is 6.39. The van der Waals surface area contributed by atoms with Gasteiger partial charge < -0.3 is 0 Å². The van der Waals surface area contributed by atoms with E-state index in [1.807, 2.05) is 19.1 Å². The molecular formula is C17H26INO2S. The fourth-order valence-corrected chi connectivity index (χ4v) is 5.58. The number of nitrogens with zero attached hydrogens (tertiary/aromatic N) is 1. The summed E-state index contributed by atoms with van der Waals surface area (Å²) in [7, 11) is -3.36. The maximum atomic E-state index is 13.0. The van der Waals surface area contributed by atoms with E-state index in [9.17, 15) is 8.42 Å². The van der Waals surface area contributed by atoms with Gasteiger partial charge in [0.05, 0.1) is 4.90 Å². The molecule has 1 aliphatic rings. The average Bonchev–Trinajstić information content (AvgIpc) is 2.48. The minimum absolute atomic E-state index is 0.161. The molecular weight excluding hydrogens is 409 g/mol. The number of benzene rings is 1. The Morgan fingerprint density at radius 2 is 1.91 bits per heavy atom. The smallest absolute Gasteiger partial charge is 0.207 e. The first-order chi connectivity index (χ1) is 10.4. The highest BCUT2D eigenvalue weighted by molar-refractivity contribution is 14.1. The second kappa shape index (κ2) is 8.11. The lowest BCUT2D eigenvalue weighted by Crippen LogP contribution is -2.46. The fourth-order valence-electron chi connectivity index (χ4n) is 3.03. The number of sulfonamides is 1. The van der Waals surface area contributed by atoms with Gasteiger partial charge in [0.2, 0.25) is 10.0 Å². The Bertz CT molecular complexity index is 571. The predicted molar refractivity (Wildman–Crippen MR) is 100 cm³/mol. The quantitative estimate of drug-likeness (QED) is 0.374. The van der Waals surface area contributed by atoms with Crippen LogP contribution in [0.1, 0.15) is 51.0 Å². The van der Waals surface area contributed by atoms with Crippen LogP contribution >= 0.6 is 22.6 Å². The first kappa shape index (κ1) is 18.2. The molecule has 0 amide bonds. The SMILES string of the molecule is CCCCC[C@@H]1C[C@@H](I)CCN1S(=O)(=O)c1ccc(C)cc1. The highest BCUT2D eigenvalue weighted by Crippen LogP contribution is 2.31. The molecule has 0 spiro atoms. The van der Waals surface area contributed by atoms with E-state index in [4.69, 9.17) is 0 Å². The molecule has 1 aromatic carbocycles. The van der Waals surface area contributed by atoms with E-state index in [1.54, 1.807) is 16.4 Å². The van der Waals surface area contributed by atoms with Crippen LogP contribution in [0.3, 0.4) is 0 Å². The molecule has 2 rings (SSSR count). The number of aryl methyl sites for hydroxylation is 1. The van der Waals surface area contributed by atoms with Crippen molar-refractivity contribution in [1.82, 2.24) is 4.31 Å². The summed E-state index contributed by atoms with van der Waals surface area (Å²) < 4.78 is 28.3. The molecule has 1 aromatic rings. The van der Waals surface area contributed by atoms with E-state index in [2.05, 4.69) is 29.5 Å². The van der Waals surface area contributed by atoms with Gasteiger partial charge in [0.15, 0.2) is 0 Å². The van der Waals surface area contributed by atoms with Gasteiger partial charge >= 0.3 is 0 Å². The predicted octanol–water partition coefficient (Wildman–Crippen LogP) is 4.53. The Kier molecular flexibility index (Phi) is 6.71. The normalized spacial score (nSPS) is 23.6. The summed E-state index contributed by atoms with van der Waals surface area (Å²) in [6.45, 7) is 4.81. The van der Waals surface area contributed by atoms with Crippen molar-refractivity contribution in [2.24, 2.45) is 0 Å². The largest absolute Gasteiger partial charge is 0.243 e. The molecule has 0 unspecified atom stereocenters. The number of halogens is 1. The van der Waals surface area contributed by atoms with Crippen LogP contribution < -0.4 is 0 Å². The molecule has 0 aromatic heterocycles. The number of unbranched alkanes of at least 4 members (excludes halogenated alkanes) is 2. The molecule has 0 bridgehead atoms. The van der Waals surface area contributed by atoms with Crippen LogP contribution in [0.5, 0.6) is 0 Å². The van der Waals surface area contributed by atoms with Crippen molar-refractivity contribution >= 4 is 32.6 Å². The van der Waals surface area contributed by atoms with Crippen LogP contribution in [0.25, 0.3) is 0 Å². The van der Waals surface area contributed by atoms with Crippen LogP contribution in [0.15, 0.2) is 29.2 Å². The van der Waals surface area contributed by atoms with Crippen molar-refractivity contribution in [1.29, 1.82) is 0 Å². The van der Waals surface area contributed by atoms with E-state index >= 15 is 0 Å². The van der Waals surface area contributed by atoms with Gasteiger partial charge in [0.25, 0.3) is 0 Å². The van der Waals surface area contributed by atoms with E-state index in [0.717, 1.165) is 31.2 Å². The van der Waals surface area contributed by atoms with Gasteiger partial charge in [-0.05, 0) is 38.3 Å². The average molecular weight is 435 g/mol. The molecule has 124 valence electrons. The Hall–Kier alpha value is -0.140.